The summed E-state index contributed by atoms with van der Waals surface area (Å²) < 4.78 is 15.4. The van der Waals surface area contributed by atoms with Crippen LogP contribution in [0.3, 0.4) is 0 Å². The van der Waals surface area contributed by atoms with Gasteiger partial charge in [-0.05, 0) is 35.4 Å². The molecule has 2 aromatic heterocycles. The van der Waals surface area contributed by atoms with E-state index in [0.29, 0.717) is 28.6 Å². The number of aliphatic hydroxyl groups is 1. The summed E-state index contributed by atoms with van der Waals surface area (Å²) in [6, 6.07) is 7.94. The Labute approximate surface area is 179 Å². The molecule has 10 heteroatoms. The van der Waals surface area contributed by atoms with Gasteiger partial charge in [0, 0.05) is 11.4 Å². The fraction of sp³-hybridized carbons (Fsp3) is 0.211. The van der Waals surface area contributed by atoms with Crippen molar-refractivity contribution >= 4 is 46.1 Å². The van der Waals surface area contributed by atoms with Crippen LogP contribution in [0.5, 0.6) is 0 Å². The smallest absolute Gasteiger partial charge is 0.352 e. The van der Waals surface area contributed by atoms with Crippen molar-refractivity contribution in [2.45, 2.75) is 12.6 Å². The highest BCUT2D eigenvalue weighted by molar-refractivity contribution is 7.16. The normalized spacial score (nSPS) is 16.8. The van der Waals surface area contributed by atoms with E-state index in [2.05, 4.69) is 9.97 Å². The average molecular weight is 453 g/mol. The summed E-state index contributed by atoms with van der Waals surface area (Å²) in [7, 11) is 0. The molecule has 3 aromatic rings. The Bertz CT molecular complexity index is 1150. The number of anilines is 1. The van der Waals surface area contributed by atoms with Gasteiger partial charge in [-0.1, -0.05) is 35.3 Å². The van der Waals surface area contributed by atoms with Crippen molar-refractivity contribution in [2.24, 2.45) is 0 Å². The zero-order chi connectivity index (χ0) is 20.5. The van der Waals surface area contributed by atoms with Gasteiger partial charge in [0.15, 0.2) is 0 Å². The first kappa shape index (κ1) is 20.0. The van der Waals surface area contributed by atoms with E-state index in [9.17, 15) is 14.3 Å². The molecule has 0 spiro atoms. The van der Waals surface area contributed by atoms with Crippen LogP contribution in [0.1, 0.15) is 10.4 Å². The van der Waals surface area contributed by atoms with Gasteiger partial charge < -0.3 is 10.0 Å². The monoisotopic (exact) mass is 452 g/mol. The molecular weight excluding hydrogens is 438 g/mol. The van der Waals surface area contributed by atoms with Crippen LogP contribution in [-0.2, 0) is 6.54 Å². The van der Waals surface area contributed by atoms with E-state index in [1.165, 1.54) is 34.4 Å². The number of thiophene rings is 1. The molecule has 0 amide bonds. The van der Waals surface area contributed by atoms with Gasteiger partial charge in [0.2, 0.25) is 5.95 Å². The van der Waals surface area contributed by atoms with Crippen LogP contribution < -0.4 is 10.6 Å². The third-order valence-electron chi connectivity index (χ3n) is 4.53. The number of rotatable bonds is 4. The van der Waals surface area contributed by atoms with Gasteiger partial charge in [-0.15, -0.1) is 11.3 Å². The lowest BCUT2D eigenvalue weighted by molar-refractivity contribution is 0.233. The van der Waals surface area contributed by atoms with Crippen molar-refractivity contribution < 1.29 is 9.50 Å². The van der Waals surface area contributed by atoms with E-state index in [1.54, 1.807) is 23.1 Å². The number of halogens is 3. The second kappa shape index (κ2) is 8.23. The van der Waals surface area contributed by atoms with Crippen LogP contribution in [-0.4, -0.2) is 38.8 Å². The first-order valence-corrected chi connectivity index (χ1v) is 10.2. The van der Waals surface area contributed by atoms with Crippen molar-refractivity contribution in [3.8, 4) is 0 Å². The van der Waals surface area contributed by atoms with Gasteiger partial charge >= 0.3 is 5.69 Å². The molecule has 0 unspecified atom stereocenters. The predicted octanol–water partition coefficient (Wildman–Crippen LogP) is 3.46. The molecule has 1 aliphatic rings. The molecule has 0 saturated heterocycles. The molecule has 6 nitrogen and oxygen atoms in total. The maximum absolute atomic E-state index is 13.4. The lowest BCUT2D eigenvalue weighted by Gasteiger charge is -2.30. The molecule has 0 aliphatic carbocycles. The number of β-amino-alcohol motifs (C(OH)–C–C–N with tert-alkyl or cyclic N) is 1. The quantitative estimate of drug-likeness (QED) is 0.656. The highest BCUT2D eigenvalue weighted by atomic mass is 35.5. The minimum atomic E-state index is -0.857. The van der Waals surface area contributed by atoms with E-state index in [1.807, 2.05) is 6.07 Å². The van der Waals surface area contributed by atoms with Crippen LogP contribution in [0.25, 0.3) is 5.57 Å². The van der Waals surface area contributed by atoms with E-state index in [-0.39, 0.29) is 17.5 Å². The van der Waals surface area contributed by atoms with E-state index >= 15 is 0 Å². The summed E-state index contributed by atoms with van der Waals surface area (Å²) in [5.74, 6) is -0.274. The Morgan fingerprint density at radius 1 is 1.28 bits per heavy atom. The van der Waals surface area contributed by atoms with Crippen LogP contribution >= 0.6 is 34.5 Å². The second-order valence-corrected chi connectivity index (χ2v) is 8.69. The number of hydrogen-bond acceptors (Lipinski definition) is 6. The first-order chi connectivity index (χ1) is 13.9. The maximum Gasteiger partial charge on any atom is 0.352 e. The molecular formula is C19H15Cl2FN4O2S. The van der Waals surface area contributed by atoms with Gasteiger partial charge in [0.25, 0.3) is 0 Å². The molecule has 4 rings (SSSR count). The van der Waals surface area contributed by atoms with Crippen LogP contribution in [0.2, 0.25) is 9.36 Å². The number of aliphatic hydroxyl groups excluding tert-OH is 1. The molecule has 1 atom stereocenters. The number of aromatic nitrogens is 3. The standard InChI is InChI=1S/C19H15Cl2FN4O2S/c20-14-7-11(1-3-15(14)22)13-5-6-25(9-16(13)27)18-23-10-26(19(28)24-18)8-12-2-4-17(21)29-12/h1-5,7,10,16,27H,6,8-9H2/t16-/m0/s1. The van der Waals surface area contributed by atoms with Crippen LogP contribution in [0, 0.1) is 5.82 Å². The van der Waals surface area contributed by atoms with Crippen LogP contribution in [0.15, 0.2) is 47.5 Å². The Morgan fingerprint density at radius 2 is 2.10 bits per heavy atom. The Balaban J connectivity index is 1.52. The summed E-state index contributed by atoms with van der Waals surface area (Å²) in [6.45, 7) is 0.935. The number of benzene rings is 1. The van der Waals surface area contributed by atoms with Gasteiger partial charge in [-0.3, -0.25) is 4.57 Å². The molecule has 1 aliphatic heterocycles. The first-order valence-electron chi connectivity index (χ1n) is 8.67. The summed E-state index contributed by atoms with van der Waals surface area (Å²) in [6.07, 6.45) is 2.37. The SMILES string of the molecule is O=c1nc(N2CC=C(c3ccc(F)c(Cl)c3)[C@@H](O)C2)ncn1Cc1ccc(Cl)s1. The largest absolute Gasteiger partial charge is 0.387 e. The van der Waals surface area contributed by atoms with Gasteiger partial charge in [-0.25, -0.2) is 14.2 Å². The Hall–Kier alpha value is -2.26. The zero-order valence-corrected chi connectivity index (χ0v) is 17.3. The van der Waals surface area contributed by atoms with Gasteiger partial charge in [0.05, 0.1) is 28.6 Å². The van der Waals surface area contributed by atoms with E-state index < -0.39 is 17.6 Å². The lowest BCUT2D eigenvalue weighted by atomic mass is 9.97. The molecule has 150 valence electrons. The molecule has 0 bridgehead atoms. The van der Waals surface area contributed by atoms with Crippen molar-refractivity contribution in [3.63, 3.8) is 0 Å². The Morgan fingerprint density at radius 3 is 2.76 bits per heavy atom. The summed E-state index contributed by atoms with van der Waals surface area (Å²) >= 11 is 13.1. The highest BCUT2D eigenvalue weighted by Gasteiger charge is 2.24. The third kappa shape index (κ3) is 4.35. The summed E-state index contributed by atoms with van der Waals surface area (Å²) in [4.78, 5) is 23.3. The fourth-order valence-electron chi connectivity index (χ4n) is 3.09. The Kier molecular flexibility index (Phi) is 5.69. The van der Waals surface area contributed by atoms with Crippen molar-refractivity contribution in [1.29, 1.82) is 0 Å². The molecule has 3 heterocycles. The number of hydrogen-bond donors (Lipinski definition) is 1. The minimum absolute atomic E-state index is 0.00278. The predicted molar refractivity (Wildman–Crippen MR) is 112 cm³/mol. The molecule has 29 heavy (non-hydrogen) atoms. The molecule has 0 saturated carbocycles. The molecule has 1 N–H and O–H groups in total. The molecule has 1 aromatic carbocycles. The minimum Gasteiger partial charge on any atom is -0.387 e. The molecule has 0 fully saturated rings. The van der Waals surface area contributed by atoms with Crippen molar-refractivity contribution in [2.75, 3.05) is 18.0 Å². The lowest BCUT2D eigenvalue weighted by Crippen LogP contribution is -2.40. The second-order valence-electron chi connectivity index (χ2n) is 6.48. The highest BCUT2D eigenvalue weighted by Crippen LogP contribution is 2.27. The van der Waals surface area contributed by atoms with Gasteiger partial charge in [-0.2, -0.15) is 4.98 Å². The fourth-order valence-corrected chi connectivity index (χ4v) is 4.36. The summed E-state index contributed by atoms with van der Waals surface area (Å²) in [5, 5.41) is 10.5. The summed E-state index contributed by atoms with van der Waals surface area (Å²) in [5.41, 5.74) is 0.856. The van der Waals surface area contributed by atoms with Crippen molar-refractivity contribution in [1.82, 2.24) is 14.5 Å². The topological polar surface area (TPSA) is 71.2 Å². The average Bonchev–Trinajstić information content (AvgIpc) is 3.10. The number of nitrogens with zero attached hydrogens (tertiary/aromatic N) is 4. The third-order valence-corrected chi connectivity index (χ3v) is 6.03. The maximum atomic E-state index is 13.4. The van der Waals surface area contributed by atoms with Crippen LogP contribution in [0.4, 0.5) is 10.3 Å². The van der Waals surface area contributed by atoms with Gasteiger partial charge in [0.1, 0.15) is 12.1 Å². The van der Waals surface area contributed by atoms with E-state index in [0.717, 1.165) is 4.88 Å². The van der Waals surface area contributed by atoms with Crippen molar-refractivity contribution in [3.05, 3.63) is 78.8 Å². The zero-order valence-electron chi connectivity index (χ0n) is 14.9. The molecule has 0 radical (unpaired) electrons. The van der Waals surface area contributed by atoms with E-state index in [4.69, 9.17) is 23.2 Å².